The van der Waals surface area contributed by atoms with Crippen molar-refractivity contribution >= 4 is 15.9 Å². The first-order valence-corrected chi connectivity index (χ1v) is 7.50. The standard InChI is InChI=1S/C15H17BrF3N/c16-11-7-8-12(13(9-11)15(17,18)19)14(20)10-5-3-1-2-4-6-10/h5,7-9,14H,1-4,6,20H2. The average molecular weight is 348 g/mol. The number of nitrogens with two attached hydrogens (primary N) is 1. The van der Waals surface area contributed by atoms with Gasteiger partial charge in [-0.1, -0.05) is 40.1 Å². The third-order valence-corrected chi connectivity index (χ3v) is 4.12. The first-order valence-electron chi connectivity index (χ1n) is 6.71. The summed E-state index contributed by atoms with van der Waals surface area (Å²) in [5, 5.41) is 0. The topological polar surface area (TPSA) is 26.0 Å². The van der Waals surface area contributed by atoms with Crippen molar-refractivity contribution in [1.82, 2.24) is 0 Å². The highest BCUT2D eigenvalue weighted by Gasteiger charge is 2.35. The number of halogens is 4. The largest absolute Gasteiger partial charge is 0.416 e. The van der Waals surface area contributed by atoms with Crippen molar-refractivity contribution in [3.05, 3.63) is 45.4 Å². The third kappa shape index (κ3) is 3.64. The normalized spacial score (nSPS) is 18.4. The van der Waals surface area contributed by atoms with Crippen molar-refractivity contribution in [2.75, 3.05) is 0 Å². The Kier molecular flexibility index (Phi) is 4.91. The minimum atomic E-state index is -4.39. The molecule has 0 spiro atoms. The zero-order valence-corrected chi connectivity index (χ0v) is 12.6. The number of hydrogen-bond acceptors (Lipinski definition) is 1. The van der Waals surface area contributed by atoms with Gasteiger partial charge in [0.15, 0.2) is 0 Å². The summed E-state index contributed by atoms with van der Waals surface area (Å²) in [6, 6.07) is 3.52. The van der Waals surface area contributed by atoms with E-state index in [1.165, 1.54) is 6.07 Å². The second-order valence-corrected chi connectivity index (χ2v) is 6.00. The van der Waals surface area contributed by atoms with Gasteiger partial charge in [-0.3, -0.25) is 0 Å². The first kappa shape index (κ1) is 15.6. The van der Waals surface area contributed by atoms with E-state index >= 15 is 0 Å². The molecule has 110 valence electrons. The van der Waals surface area contributed by atoms with Gasteiger partial charge in [-0.05, 0) is 43.4 Å². The molecule has 2 rings (SSSR count). The molecule has 1 aromatic carbocycles. The maximum absolute atomic E-state index is 13.1. The van der Waals surface area contributed by atoms with Crippen LogP contribution in [0.2, 0.25) is 0 Å². The Bertz CT molecular complexity index is 508. The molecule has 5 heteroatoms. The Labute approximate surface area is 125 Å². The maximum atomic E-state index is 13.1. The van der Waals surface area contributed by atoms with Crippen LogP contribution in [-0.4, -0.2) is 0 Å². The van der Waals surface area contributed by atoms with E-state index in [0.29, 0.717) is 4.47 Å². The van der Waals surface area contributed by atoms with Crippen LogP contribution in [0.25, 0.3) is 0 Å². The zero-order chi connectivity index (χ0) is 14.8. The van der Waals surface area contributed by atoms with Crippen LogP contribution < -0.4 is 5.73 Å². The molecular weight excluding hydrogens is 331 g/mol. The highest BCUT2D eigenvalue weighted by molar-refractivity contribution is 9.10. The van der Waals surface area contributed by atoms with Crippen LogP contribution in [0, 0.1) is 0 Å². The molecule has 0 bridgehead atoms. The van der Waals surface area contributed by atoms with E-state index in [2.05, 4.69) is 15.9 Å². The van der Waals surface area contributed by atoms with Crippen LogP contribution in [0.1, 0.15) is 49.3 Å². The van der Waals surface area contributed by atoms with Crippen molar-refractivity contribution in [2.24, 2.45) is 5.73 Å². The summed E-state index contributed by atoms with van der Waals surface area (Å²) in [6.45, 7) is 0. The molecule has 1 aliphatic carbocycles. The molecule has 0 saturated heterocycles. The van der Waals surface area contributed by atoms with Gasteiger partial charge in [-0.15, -0.1) is 0 Å². The SMILES string of the molecule is NC(C1=CCCCCC1)c1ccc(Br)cc1C(F)(F)F. The molecule has 0 fully saturated rings. The van der Waals surface area contributed by atoms with Crippen molar-refractivity contribution in [3.63, 3.8) is 0 Å². The van der Waals surface area contributed by atoms with Gasteiger partial charge in [0, 0.05) is 4.47 Å². The summed E-state index contributed by atoms with van der Waals surface area (Å²) >= 11 is 3.09. The quantitative estimate of drug-likeness (QED) is 0.716. The second-order valence-electron chi connectivity index (χ2n) is 5.09. The van der Waals surface area contributed by atoms with Gasteiger partial charge < -0.3 is 5.73 Å². The number of benzene rings is 1. The van der Waals surface area contributed by atoms with Gasteiger partial charge in [-0.25, -0.2) is 0 Å². The Hall–Kier alpha value is -0.810. The molecule has 1 atom stereocenters. The lowest BCUT2D eigenvalue weighted by atomic mass is 9.92. The molecule has 0 aromatic heterocycles. The molecule has 2 N–H and O–H groups in total. The smallest absolute Gasteiger partial charge is 0.321 e. The van der Waals surface area contributed by atoms with Crippen LogP contribution in [0.4, 0.5) is 13.2 Å². The fraction of sp³-hybridized carbons (Fsp3) is 0.467. The minimum absolute atomic E-state index is 0.161. The van der Waals surface area contributed by atoms with Crippen molar-refractivity contribution in [2.45, 2.75) is 44.3 Å². The van der Waals surface area contributed by atoms with Crippen molar-refractivity contribution in [1.29, 1.82) is 0 Å². The molecule has 20 heavy (non-hydrogen) atoms. The fourth-order valence-corrected chi connectivity index (χ4v) is 2.93. The first-order chi connectivity index (χ1) is 9.39. The fourth-order valence-electron chi connectivity index (χ4n) is 2.57. The molecule has 0 amide bonds. The molecule has 1 nitrogen and oxygen atoms in total. The summed E-state index contributed by atoms with van der Waals surface area (Å²) in [5.41, 5.74) is 6.54. The third-order valence-electron chi connectivity index (χ3n) is 3.63. The van der Waals surface area contributed by atoms with Crippen LogP contribution >= 0.6 is 15.9 Å². The average Bonchev–Trinajstić information content (AvgIpc) is 2.65. The highest BCUT2D eigenvalue weighted by Crippen LogP contribution is 2.38. The maximum Gasteiger partial charge on any atom is 0.416 e. The number of alkyl halides is 3. The minimum Gasteiger partial charge on any atom is -0.321 e. The monoisotopic (exact) mass is 347 g/mol. The molecule has 0 saturated carbocycles. The van der Waals surface area contributed by atoms with Gasteiger partial charge >= 0.3 is 6.18 Å². The van der Waals surface area contributed by atoms with Gasteiger partial charge in [0.05, 0.1) is 11.6 Å². The van der Waals surface area contributed by atoms with E-state index in [1.807, 2.05) is 6.08 Å². The molecule has 0 aliphatic heterocycles. The van der Waals surface area contributed by atoms with Crippen LogP contribution in [0.5, 0.6) is 0 Å². The lowest BCUT2D eigenvalue weighted by Crippen LogP contribution is -2.19. The van der Waals surface area contributed by atoms with E-state index in [9.17, 15) is 13.2 Å². The Morgan fingerprint density at radius 2 is 1.90 bits per heavy atom. The second kappa shape index (κ2) is 6.31. The van der Waals surface area contributed by atoms with Gasteiger partial charge in [0.1, 0.15) is 0 Å². The lowest BCUT2D eigenvalue weighted by molar-refractivity contribution is -0.138. The molecule has 0 heterocycles. The molecule has 0 radical (unpaired) electrons. The van der Waals surface area contributed by atoms with E-state index < -0.39 is 17.8 Å². The van der Waals surface area contributed by atoms with Crippen LogP contribution in [0.3, 0.4) is 0 Å². The van der Waals surface area contributed by atoms with Crippen molar-refractivity contribution in [3.8, 4) is 0 Å². The Morgan fingerprint density at radius 1 is 1.15 bits per heavy atom. The van der Waals surface area contributed by atoms with E-state index in [4.69, 9.17) is 5.73 Å². The van der Waals surface area contributed by atoms with Gasteiger partial charge in [0.25, 0.3) is 0 Å². The van der Waals surface area contributed by atoms with Crippen molar-refractivity contribution < 1.29 is 13.2 Å². The van der Waals surface area contributed by atoms with Crippen LogP contribution in [-0.2, 0) is 6.18 Å². The number of allylic oxidation sites excluding steroid dienone is 1. The lowest BCUT2D eigenvalue weighted by Gasteiger charge is -2.21. The van der Waals surface area contributed by atoms with Gasteiger partial charge in [-0.2, -0.15) is 13.2 Å². The Balaban J connectivity index is 2.38. The molecule has 1 aromatic rings. The summed E-state index contributed by atoms with van der Waals surface area (Å²) in [6.07, 6.45) is 2.51. The Morgan fingerprint density at radius 3 is 2.60 bits per heavy atom. The predicted octanol–water partition coefficient (Wildman–Crippen LogP) is 5.36. The summed E-state index contributed by atoms with van der Waals surface area (Å²) in [5.74, 6) is 0. The number of hydrogen-bond donors (Lipinski definition) is 1. The molecule has 1 unspecified atom stereocenters. The summed E-state index contributed by atoms with van der Waals surface area (Å²) in [4.78, 5) is 0. The molecule has 1 aliphatic rings. The van der Waals surface area contributed by atoms with Gasteiger partial charge in [0.2, 0.25) is 0 Å². The summed E-state index contributed by atoms with van der Waals surface area (Å²) in [7, 11) is 0. The van der Waals surface area contributed by atoms with E-state index in [-0.39, 0.29) is 5.56 Å². The van der Waals surface area contributed by atoms with Crippen LogP contribution in [0.15, 0.2) is 34.3 Å². The highest BCUT2D eigenvalue weighted by atomic mass is 79.9. The molecular formula is C15H17BrF3N. The van der Waals surface area contributed by atoms with E-state index in [0.717, 1.165) is 43.7 Å². The predicted molar refractivity (Wildman–Crippen MR) is 77.2 cm³/mol. The zero-order valence-electron chi connectivity index (χ0n) is 11.0. The summed E-state index contributed by atoms with van der Waals surface area (Å²) < 4.78 is 39.8. The van der Waals surface area contributed by atoms with E-state index in [1.54, 1.807) is 6.07 Å². The number of rotatable bonds is 2.